The zero-order valence-corrected chi connectivity index (χ0v) is 17.8. The minimum absolute atomic E-state index is 0.0591. The van der Waals surface area contributed by atoms with E-state index in [0.717, 1.165) is 19.4 Å². The average Bonchev–Trinajstić information content (AvgIpc) is 3.31. The van der Waals surface area contributed by atoms with Crippen LogP contribution in [0, 0.1) is 5.82 Å². The monoisotopic (exact) mass is 446 g/mol. The number of pyridine rings is 1. The number of ether oxygens (including phenoxy) is 1. The van der Waals surface area contributed by atoms with E-state index in [-0.39, 0.29) is 22.6 Å². The molecule has 2 aliphatic heterocycles. The van der Waals surface area contributed by atoms with Crippen molar-refractivity contribution in [3.05, 3.63) is 58.5 Å². The van der Waals surface area contributed by atoms with E-state index in [2.05, 4.69) is 10.3 Å². The molecule has 4 rings (SSSR count). The van der Waals surface area contributed by atoms with Crippen molar-refractivity contribution in [3.8, 4) is 0 Å². The molecule has 2 aromatic rings. The summed E-state index contributed by atoms with van der Waals surface area (Å²) in [6, 6.07) is 7.67. The van der Waals surface area contributed by atoms with Gasteiger partial charge in [0.05, 0.1) is 22.3 Å². The second kappa shape index (κ2) is 9.62. The van der Waals surface area contributed by atoms with Gasteiger partial charge in [0.2, 0.25) is 0 Å². The highest BCUT2D eigenvalue weighted by atomic mass is 35.5. The second-order valence-electron chi connectivity index (χ2n) is 7.60. The fourth-order valence-corrected chi connectivity index (χ4v) is 4.16. The van der Waals surface area contributed by atoms with Gasteiger partial charge >= 0.3 is 0 Å². The number of nitrogens with zero attached hydrogens (tertiary/aromatic N) is 3. The molecule has 0 unspecified atom stereocenters. The molecule has 0 saturated carbocycles. The Morgan fingerprint density at radius 2 is 2.00 bits per heavy atom. The lowest BCUT2D eigenvalue weighted by atomic mass is 10.1. The number of carbonyl (C=O) groups excluding carboxylic acids is 2. The number of amides is 2. The van der Waals surface area contributed by atoms with Gasteiger partial charge in [0, 0.05) is 45.5 Å². The normalized spacial score (nSPS) is 18.8. The van der Waals surface area contributed by atoms with E-state index < -0.39 is 11.7 Å². The van der Waals surface area contributed by atoms with Gasteiger partial charge in [-0.2, -0.15) is 0 Å². The first-order chi connectivity index (χ1) is 15.0. The number of aromatic nitrogens is 1. The zero-order chi connectivity index (χ0) is 21.8. The summed E-state index contributed by atoms with van der Waals surface area (Å²) in [5.41, 5.74) is 0.377. The number of anilines is 1. The van der Waals surface area contributed by atoms with Crippen molar-refractivity contribution in [2.24, 2.45) is 0 Å². The van der Waals surface area contributed by atoms with E-state index in [4.69, 9.17) is 16.3 Å². The van der Waals surface area contributed by atoms with Crippen LogP contribution in [0.5, 0.6) is 0 Å². The number of nitrogens with one attached hydrogen (secondary N) is 1. The number of hydrogen-bond acceptors (Lipinski definition) is 5. The fourth-order valence-electron chi connectivity index (χ4n) is 3.91. The lowest BCUT2D eigenvalue weighted by Gasteiger charge is -2.36. The summed E-state index contributed by atoms with van der Waals surface area (Å²) in [5, 5.41) is 3.03. The van der Waals surface area contributed by atoms with Crippen LogP contribution in [-0.2, 0) is 4.74 Å². The molecule has 2 fully saturated rings. The molecular weight excluding hydrogens is 423 g/mol. The first-order valence-electron chi connectivity index (χ1n) is 10.4. The Hall–Kier alpha value is -2.71. The van der Waals surface area contributed by atoms with Crippen molar-refractivity contribution in [2.45, 2.75) is 18.9 Å². The highest BCUT2D eigenvalue weighted by Gasteiger charge is 2.28. The van der Waals surface area contributed by atoms with Gasteiger partial charge in [-0.25, -0.2) is 9.37 Å². The van der Waals surface area contributed by atoms with Crippen LogP contribution >= 0.6 is 11.6 Å². The van der Waals surface area contributed by atoms with Crippen LogP contribution in [0.2, 0.25) is 5.02 Å². The van der Waals surface area contributed by atoms with Crippen molar-refractivity contribution < 1.29 is 18.7 Å². The summed E-state index contributed by atoms with van der Waals surface area (Å²) in [4.78, 5) is 33.5. The maximum absolute atomic E-state index is 14.1. The predicted octanol–water partition coefficient (Wildman–Crippen LogP) is 2.75. The van der Waals surface area contributed by atoms with Gasteiger partial charge in [0.25, 0.3) is 11.8 Å². The van der Waals surface area contributed by atoms with Crippen molar-refractivity contribution in [3.63, 3.8) is 0 Å². The number of carbonyl (C=O) groups is 2. The standard InChI is InChI=1S/C22H24ClFN4O3/c23-17-6-1-7-18(24)19(17)22(30)28-11-9-27(10-12-28)20-16(5-2-8-25-20)21(29)26-14-15-4-3-13-31-15/h1-2,5-8,15H,3-4,9-14H2,(H,26,29)/t15-/m1/s1. The minimum Gasteiger partial charge on any atom is -0.376 e. The predicted molar refractivity (Wildman–Crippen MR) is 115 cm³/mol. The summed E-state index contributed by atoms with van der Waals surface area (Å²) in [5.74, 6) is -0.688. The Bertz CT molecular complexity index is 939. The van der Waals surface area contributed by atoms with E-state index in [0.29, 0.717) is 44.1 Å². The van der Waals surface area contributed by atoms with Crippen molar-refractivity contribution in [2.75, 3.05) is 44.2 Å². The molecule has 164 valence electrons. The minimum atomic E-state index is -0.630. The summed E-state index contributed by atoms with van der Waals surface area (Å²) >= 11 is 6.04. The Kier molecular flexibility index (Phi) is 6.67. The highest BCUT2D eigenvalue weighted by molar-refractivity contribution is 6.33. The summed E-state index contributed by atoms with van der Waals surface area (Å²) in [7, 11) is 0. The Labute approximate surface area is 185 Å². The molecule has 1 aromatic carbocycles. The molecule has 0 radical (unpaired) electrons. The summed E-state index contributed by atoms with van der Waals surface area (Å²) in [6.45, 7) is 2.90. The number of hydrogen-bond donors (Lipinski definition) is 1. The molecule has 2 amide bonds. The topological polar surface area (TPSA) is 74.8 Å². The maximum Gasteiger partial charge on any atom is 0.258 e. The number of rotatable bonds is 5. The average molecular weight is 447 g/mol. The molecule has 2 saturated heterocycles. The molecule has 1 N–H and O–H groups in total. The molecule has 2 aliphatic rings. The second-order valence-corrected chi connectivity index (χ2v) is 8.00. The van der Waals surface area contributed by atoms with E-state index in [9.17, 15) is 14.0 Å². The summed E-state index contributed by atoms with van der Waals surface area (Å²) in [6.07, 6.45) is 3.66. The van der Waals surface area contributed by atoms with Gasteiger partial charge in [0.1, 0.15) is 11.6 Å². The third kappa shape index (κ3) is 4.80. The first kappa shape index (κ1) is 21.5. The molecule has 0 spiro atoms. The van der Waals surface area contributed by atoms with Crippen LogP contribution in [0.1, 0.15) is 33.6 Å². The molecule has 0 aliphatic carbocycles. The first-order valence-corrected chi connectivity index (χ1v) is 10.8. The largest absolute Gasteiger partial charge is 0.376 e. The fraction of sp³-hybridized carbons (Fsp3) is 0.409. The lowest BCUT2D eigenvalue weighted by molar-refractivity contribution is 0.0741. The quantitative estimate of drug-likeness (QED) is 0.764. The van der Waals surface area contributed by atoms with E-state index >= 15 is 0 Å². The molecule has 7 nitrogen and oxygen atoms in total. The van der Waals surface area contributed by atoms with Crippen molar-refractivity contribution in [1.29, 1.82) is 0 Å². The van der Waals surface area contributed by atoms with Gasteiger partial charge in [-0.15, -0.1) is 0 Å². The van der Waals surface area contributed by atoms with E-state index in [1.807, 2.05) is 4.90 Å². The molecule has 1 aromatic heterocycles. The Balaban J connectivity index is 1.41. The Morgan fingerprint density at radius 3 is 2.71 bits per heavy atom. The smallest absolute Gasteiger partial charge is 0.258 e. The molecule has 9 heteroatoms. The van der Waals surface area contributed by atoms with Gasteiger partial charge in [-0.3, -0.25) is 9.59 Å². The number of halogens is 2. The van der Waals surface area contributed by atoms with Crippen LogP contribution in [0.15, 0.2) is 36.5 Å². The molecule has 3 heterocycles. The van der Waals surface area contributed by atoms with Gasteiger partial charge in [-0.05, 0) is 37.1 Å². The van der Waals surface area contributed by atoms with Crippen LogP contribution in [0.25, 0.3) is 0 Å². The lowest BCUT2D eigenvalue weighted by Crippen LogP contribution is -2.49. The maximum atomic E-state index is 14.1. The molecule has 1 atom stereocenters. The van der Waals surface area contributed by atoms with E-state index in [1.165, 1.54) is 18.2 Å². The third-order valence-electron chi connectivity index (χ3n) is 5.59. The number of benzene rings is 1. The third-order valence-corrected chi connectivity index (χ3v) is 5.90. The summed E-state index contributed by atoms with van der Waals surface area (Å²) < 4.78 is 19.7. The zero-order valence-electron chi connectivity index (χ0n) is 17.0. The van der Waals surface area contributed by atoms with Crippen LogP contribution < -0.4 is 10.2 Å². The van der Waals surface area contributed by atoms with Gasteiger partial charge in [-0.1, -0.05) is 17.7 Å². The van der Waals surface area contributed by atoms with Gasteiger partial charge in [0.15, 0.2) is 0 Å². The SMILES string of the molecule is O=C(NC[C@H]1CCCO1)c1cccnc1N1CCN(C(=O)c2c(F)cccc2Cl)CC1. The van der Waals surface area contributed by atoms with Crippen LogP contribution in [-0.4, -0.2) is 67.1 Å². The Morgan fingerprint density at radius 1 is 1.19 bits per heavy atom. The molecule has 31 heavy (non-hydrogen) atoms. The van der Waals surface area contributed by atoms with Crippen LogP contribution in [0.4, 0.5) is 10.2 Å². The van der Waals surface area contributed by atoms with Gasteiger partial charge < -0.3 is 19.9 Å². The van der Waals surface area contributed by atoms with E-state index in [1.54, 1.807) is 23.2 Å². The van der Waals surface area contributed by atoms with Crippen molar-refractivity contribution >= 4 is 29.2 Å². The highest BCUT2D eigenvalue weighted by Crippen LogP contribution is 2.23. The van der Waals surface area contributed by atoms with Crippen LogP contribution in [0.3, 0.4) is 0 Å². The molecular formula is C22H24ClFN4O3. The van der Waals surface area contributed by atoms with Crippen molar-refractivity contribution in [1.82, 2.24) is 15.2 Å². The number of piperazine rings is 1. The molecule has 0 bridgehead atoms.